The second kappa shape index (κ2) is 10.5. The first-order chi connectivity index (χ1) is 14.5. The molecule has 5 heteroatoms. The molecule has 0 aromatic heterocycles. The number of Topliss-reactive ketones (excluding diaryl/α,β-unsaturated/α-hetero) is 1. The summed E-state index contributed by atoms with van der Waals surface area (Å²) >= 11 is 0. The van der Waals surface area contributed by atoms with Crippen LogP contribution in [0.1, 0.15) is 43.9 Å². The van der Waals surface area contributed by atoms with Crippen LogP contribution in [-0.2, 0) is 9.59 Å². The van der Waals surface area contributed by atoms with Gasteiger partial charge in [-0.2, -0.15) is 0 Å². The summed E-state index contributed by atoms with van der Waals surface area (Å²) in [6.45, 7) is 6.03. The molecule has 2 N–H and O–H groups in total. The third kappa shape index (κ3) is 5.15. The summed E-state index contributed by atoms with van der Waals surface area (Å²) in [7, 11) is 0. The zero-order valence-electron chi connectivity index (χ0n) is 17.8. The number of benzene rings is 2. The predicted molar refractivity (Wildman–Crippen MR) is 118 cm³/mol. The van der Waals surface area contributed by atoms with Crippen LogP contribution in [0.5, 0.6) is 0 Å². The van der Waals surface area contributed by atoms with Crippen LogP contribution >= 0.6 is 0 Å². The maximum Gasteiger partial charge on any atom is 0.314 e. The second-order valence-electron chi connectivity index (χ2n) is 8.14. The molecule has 5 nitrogen and oxygen atoms in total. The lowest BCUT2D eigenvalue weighted by molar-refractivity contribution is -0.146. The third-order valence-electron chi connectivity index (χ3n) is 6.28. The summed E-state index contributed by atoms with van der Waals surface area (Å²) in [6.07, 6.45) is 1.20. The normalized spacial score (nSPS) is 19.4. The van der Waals surface area contributed by atoms with Crippen LogP contribution in [0.3, 0.4) is 0 Å². The van der Waals surface area contributed by atoms with Gasteiger partial charge in [-0.05, 0) is 30.4 Å². The van der Waals surface area contributed by atoms with Gasteiger partial charge in [-0.1, -0.05) is 74.0 Å². The Morgan fingerprint density at radius 3 is 2.10 bits per heavy atom. The van der Waals surface area contributed by atoms with Crippen molar-refractivity contribution in [1.29, 1.82) is 0 Å². The maximum atomic E-state index is 12.0. The number of ketones is 1. The van der Waals surface area contributed by atoms with Gasteiger partial charge in [-0.3, -0.25) is 14.5 Å². The fourth-order valence-electron chi connectivity index (χ4n) is 4.68. The summed E-state index contributed by atoms with van der Waals surface area (Å²) in [5, 5.41) is 13.1. The van der Waals surface area contributed by atoms with E-state index in [1.54, 1.807) is 0 Å². The molecule has 2 aromatic rings. The molecule has 0 amide bonds. The highest BCUT2D eigenvalue weighted by atomic mass is 16.4. The van der Waals surface area contributed by atoms with Crippen molar-refractivity contribution in [1.82, 2.24) is 10.2 Å². The second-order valence-corrected chi connectivity index (χ2v) is 8.14. The Bertz CT molecular complexity index is 771. The SMILES string of the molecule is CCC(CC(C(C)=O)C(=O)O)C1CNCCN1C(c1ccccc1)c1ccccc1. The summed E-state index contributed by atoms with van der Waals surface area (Å²) < 4.78 is 0. The minimum Gasteiger partial charge on any atom is -0.481 e. The molecule has 2 aromatic carbocycles. The number of hydrogen-bond acceptors (Lipinski definition) is 4. The largest absolute Gasteiger partial charge is 0.481 e. The number of aliphatic carboxylic acids is 1. The Kier molecular flexibility index (Phi) is 7.77. The number of carboxylic acids is 1. The highest BCUT2D eigenvalue weighted by Crippen LogP contribution is 2.35. The molecule has 0 saturated carbocycles. The first-order valence-electron chi connectivity index (χ1n) is 10.8. The summed E-state index contributed by atoms with van der Waals surface area (Å²) in [4.78, 5) is 26.2. The van der Waals surface area contributed by atoms with Crippen molar-refractivity contribution in [2.45, 2.75) is 38.8 Å². The van der Waals surface area contributed by atoms with Gasteiger partial charge in [0.15, 0.2) is 0 Å². The van der Waals surface area contributed by atoms with E-state index >= 15 is 0 Å². The Balaban J connectivity index is 1.96. The van der Waals surface area contributed by atoms with Crippen molar-refractivity contribution < 1.29 is 14.7 Å². The summed E-state index contributed by atoms with van der Waals surface area (Å²) in [5.41, 5.74) is 2.46. The van der Waals surface area contributed by atoms with Crippen LogP contribution < -0.4 is 5.32 Å². The van der Waals surface area contributed by atoms with Gasteiger partial charge >= 0.3 is 5.97 Å². The molecule has 3 atom stereocenters. The molecule has 0 bridgehead atoms. The van der Waals surface area contributed by atoms with Gasteiger partial charge in [0, 0.05) is 25.7 Å². The van der Waals surface area contributed by atoms with Gasteiger partial charge in [0.25, 0.3) is 0 Å². The van der Waals surface area contributed by atoms with Gasteiger partial charge in [-0.15, -0.1) is 0 Å². The Morgan fingerprint density at radius 2 is 1.63 bits per heavy atom. The van der Waals surface area contributed by atoms with E-state index in [1.807, 2.05) is 12.1 Å². The zero-order valence-corrected chi connectivity index (χ0v) is 17.8. The minimum atomic E-state index is -1.01. The number of rotatable bonds is 9. The molecule has 0 spiro atoms. The molecule has 0 radical (unpaired) electrons. The Hall–Kier alpha value is -2.50. The van der Waals surface area contributed by atoms with Gasteiger partial charge in [0.1, 0.15) is 11.7 Å². The molecule has 1 fully saturated rings. The van der Waals surface area contributed by atoms with Crippen molar-refractivity contribution in [2.75, 3.05) is 19.6 Å². The average molecular weight is 409 g/mol. The Morgan fingerprint density at radius 1 is 1.07 bits per heavy atom. The van der Waals surface area contributed by atoms with Gasteiger partial charge in [-0.25, -0.2) is 0 Å². The fourth-order valence-corrected chi connectivity index (χ4v) is 4.68. The van der Waals surface area contributed by atoms with Crippen LogP contribution in [0.15, 0.2) is 60.7 Å². The number of hydrogen-bond donors (Lipinski definition) is 2. The van der Waals surface area contributed by atoms with Crippen LogP contribution in [0.4, 0.5) is 0 Å². The van der Waals surface area contributed by atoms with E-state index in [4.69, 9.17) is 0 Å². The van der Waals surface area contributed by atoms with Crippen molar-refractivity contribution in [3.8, 4) is 0 Å². The van der Waals surface area contributed by atoms with Gasteiger partial charge in [0.2, 0.25) is 0 Å². The minimum absolute atomic E-state index is 0.0918. The van der Waals surface area contributed by atoms with Crippen molar-refractivity contribution in [2.24, 2.45) is 11.8 Å². The predicted octanol–water partition coefficient (Wildman–Crippen LogP) is 3.76. The zero-order chi connectivity index (χ0) is 21.5. The topological polar surface area (TPSA) is 69.6 Å². The first-order valence-corrected chi connectivity index (χ1v) is 10.8. The van der Waals surface area contributed by atoms with E-state index in [-0.39, 0.29) is 23.8 Å². The van der Waals surface area contributed by atoms with Crippen LogP contribution in [0.2, 0.25) is 0 Å². The maximum absolute atomic E-state index is 12.0. The molecule has 160 valence electrons. The van der Waals surface area contributed by atoms with E-state index in [0.717, 1.165) is 26.1 Å². The molecule has 1 saturated heterocycles. The molecule has 30 heavy (non-hydrogen) atoms. The molecule has 3 unspecified atom stereocenters. The number of carbonyl (C=O) groups is 2. The van der Waals surface area contributed by atoms with Crippen LogP contribution in [-0.4, -0.2) is 47.4 Å². The number of carboxylic acid groups (broad SMARTS) is 1. The molecule has 1 aliphatic heterocycles. The van der Waals surface area contributed by atoms with Crippen molar-refractivity contribution >= 4 is 11.8 Å². The molecule has 3 rings (SSSR count). The number of nitrogens with one attached hydrogen (secondary N) is 1. The molecule has 0 aliphatic carbocycles. The molecular weight excluding hydrogens is 376 g/mol. The van der Waals surface area contributed by atoms with Gasteiger partial charge < -0.3 is 10.4 Å². The van der Waals surface area contributed by atoms with Gasteiger partial charge in [0.05, 0.1) is 6.04 Å². The first kappa shape index (κ1) is 22.2. The lowest BCUT2D eigenvalue weighted by Gasteiger charge is -2.45. The monoisotopic (exact) mass is 408 g/mol. The summed E-state index contributed by atoms with van der Waals surface area (Å²) in [6, 6.07) is 21.2. The molecular formula is C25H32N2O3. The van der Waals surface area contributed by atoms with Crippen molar-refractivity contribution in [3.63, 3.8) is 0 Å². The van der Waals surface area contributed by atoms with E-state index in [0.29, 0.717) is 6.42 Å². The van der Waals surface area contributed by atoms with Crippen LogP contribution in [0, 0.1) is 11.8 Å². The number of nitrogens with zero attached hydrogens (tertiary/aromatic N) is 1. The lowest BCUT2D eigenvalue weighted by atomic mass is 9.82. The van der Waals surface area contributed by atoms with E-state index in [2.05, 4.69) is 65.7 Å². The Labute approximate surface area is 179 Å². The lowest BCUT2D eigenvalue weighted by Crippen LogP contribution is -2.56. The highest BCUT2D eigenvalue weighted by molar-refractivity contribution is 5.96. The molecule has 1 heterocycles. The van der Waals surface area contributed by atoms with E-state index in [9.17, 15) is 14.7 Å². The standard InChI is InChI=1S/C25H32N2O3/c1-3-19(16-22(18(2)28)25(29)30)23-17-26-14-15-27(23)24(20-10-6-4-7-11-20)21-12-8-5-9-13-21/h4-13,19,22-24,26H,3,14-17H2,1-2H3,(H,29,30). The van der Waals surface area contributed by atoms with Crippen LogP contribution in [0.25, 0.3) is 0 Å². The average Bonchev–Trinajstić information content (AvgIpc) is 2.76. The fraction of sp³-hybridized carbons (Fsp3) is 0.440. The third-order valence-corrected chi connectivity index (χ3v) is 6.28. The smallest absolute Gasteiger partial charge is 0.314 e. The number of carbonyl (C=O) groups excluding carboxylic acids is 1. The summed E-state index contributed by atoms with van der Waals surface area (Å²) in [5.74, 6) is -2.11. The van der Waals surface area contributed by atoms with E-state index in [1.165, 1.54) is 18.1 Å². The highest BCUT2D eigenvalue weighted by Gasteiger charge is 2.37. The van der Waals surface area contributed by atoms with Crippen molar-refractivity contribution in [3.05, 3.63) is 71.8 Å². The molecule has 1 aliphatic rings. The van der Waals surface area contributed by atoms with E-state index < -0.39 is 11.9 Å². The number of piperazine rings is 1. The quantitative estimate of drug-likeness (QED) is 0.619.